The number of phenolic OH excluding ortho intramolecular Hbond substituents is 2. The molecule has 0 radical (unpaired) electrons. The second-order valence-corrected chi connectivity index (χ2v) is 9.59. The van der Waals surface area contributed by atoms with Crippen LogP contribution in [0, 0.1) is 0 Å². The molecule has 3 aliphatic rings. The third kappa shape index (κ3) is 3.99. The van der Waals surface area contributed by atoms with Gasteiger partial charge in [0, 0.05) is 47.6 Å². The Morgan fingerprint density at radius 3 is 2.25 bits per heavy atom. The third-order valence-electron chi connectivity index (χ3n) is 7.21. The molecule has 2 aliphatic carbocycles. The van der Waals surface area contributed by atoms with Crippen molar-refractivity contribution in [1.29, 1.82) is 0 Å². The fourth-order valence-electron chi connectivity index (χ4n) is 5.35. The number of halogens is 1. The predicted octanol–water partition coefficient (Wildman–Crippen LogP) is 0.845. The molecule has 0 amide bonds. The van der Waals surface area contributed by atoms with E-state index in [1.807, 2.05) is 0 Å². The van der Waals surface area contributed by atoms with Gasteiger partial charge < -0.3 is 40.7 Å². The predicted molar refractivity (Wildman–Crippen MR) is 127 cm³/mol. The van der Waals surface area contributed by atoms with E-state index in [9.17, 15) is 35.1 Å². The second kappa shape index (κ2) is 9.38. The maximum Gasteiger partial charge on any atom is 0.198 e. The Labute approximate surface area is 212 Å². The monoisotopic (exact) mass is 521 g/mol. The van der Waals surface area contributed by atoms with Gasteiger partial charge in [-0.25, -0.2) is 0 Å². The second-order valence-electron chi connectivity index (χ2n) is 9.59. The summed E-state index contributed by atoms with van der Waals surface area (Å²) in [6, 6.07) is 5.47. The molecule has 6 atom stereocenters. The van der Waals surface area contributed by atoms with Gasteiger partial charge in [0.05, 0.1) is 41.6 Å². The van der Waals surface area contributed by atoms with Crippen molar-refractivity contribution in [2.45, 2.75) is 62.4 Å². The Morgan fingerprint density at radius 1 is 1.11 bits per heavy atom. The molecule has 2 aromatic carbocycles. The lowest BCUT2D eigenvalue weighted by molar-refractivity contribution is -0.248. The van der Waals surface area contributed by atoms with Gasteiger partial charge in [-0.15, -0.1) is 12.4 Å². The minimum absolute atomic E-state index is 0. The van der Waals surface area contributed by atoms with Gasteiger partial charge in [-0.05, 0) is 6.92 Å². The Hall–Kier alpha value is -2.57. The number of aliphatic hydroxyl groups is 3. The normalized spacial score (nSPS) is 31.2. The van der Waals surface area contributed by atoms with Crippen LogP contribution in [0.5, 0.6) is 11.5 Å². The van der Waals surface area contributed by atoms with Crippen LogP contribution in [0.4, 0.5) is 0 Å². The number of aliphatic hydroxyl groups excluding tert-OH is 2. The molecular weight excluding hydrogens is 494 g/mol. The average Bonchev–Trinajstić information content (AvgIpc) is 2.83. The van der Waals surface area contributed by atoms with Crippen LogP contribution in [-0.4, -0.2) is 73.8 Å². The number of ether oxygens (including phenoxy) is 2. The standard InChI is InChI=1S/C25H27NO9.ClH/c1-10-20(28)14(26)6-16(34-10)35-15-8-25(33,9-27)7-13-17(15)24(32)19-18(23(13)31)21(29)11-4-2-3-5-12(11)22(19)30;/h2-5,10,14-16,20,27-28,31-33H,6-9,26H2,1H3;1H/t10-,14-,15-,16-,20+,25-;/m0./s1. The summed E-state index contributed by atoms with van der Waals surface area (Å²) < 4.78 is 11.7. The van der Waals surface area contributed by atoms with Crippen LogP contribution in [0.1, 0.15) is 68.8 Å². The number of rotatable bonds is 3. The van der Waals surface area contributed by atoms with E-state index in [1.54, 1.807) is 19.1 Å². The molecule has 10 nitrogen and oxygen atoms in total. The summed E-state index contributed by atoms with van der Waals surface area (Å²) >= 11 is 0. The average molecular weight is 522 g/mol. The number of carbonyl (C=O) groups is 2. The highest BCUT2D eigenvalue weighted by Crippen LogP contribution is 2.51. The van der Waals surface area contributed by atoms with E-state index in [1.165, 1.54) is 12.1 Å². The van der Waals surface area contributed by atoms with E-state index in [0.717, 1.165) is 0 Å². The highest BCUT2D eigenvalue weighted by atomic mass is 35.5. The Kier molecular flexibility index (Phi) is 6.91. The Bertz CT molecular complexity index is 1220. The molecule has 0 unspecified atom stereocenters. The van der Waals surface area contributed by atoms with Crippen LogP contribution in [0.2, 0.25) is 0 Å². The van der Waals surface area contributed by atoms with Crippen molar-refractivity contribution >= 4 is 24.0 Å². The first-order valence-corrected chi connectivity index (χ1v) is 11.4. The summed E-state index contributed by atoms with van der Waals surface area (Å²) in [4.78, 5) is 26.5. The number of fused-ring (bicyclic) bond motifs is 3. The van der Waals surface area contributed by atoms with Gasteiger partial charge in [-0.2, -0.15) is 0 Å². The first kappa shape index (κ1) is 26.5. The van der Waals surface area contributed by atoms with Gasteiger partial charge in [0.25, 0.3) is 0 Å². The lowest BCUT2D eigenvalue weighted by Crippen LogP contribution is -2.52. The van der Waals surface area contributed by atoms with Gasteiger partial charge in [0.1, 0.15) is 11.5 Å². The zero-order valence-electron chi connectivity index (χ0n) is 19.4. The van der Waals surface area contributed by atoms with E-state index in [0.29, 0.717) is 0 Å². The fraction of sp³-hybridized carbons (Fsp3) is 0.440. The highest BCUT2D eigenvalue weighted by Gasteiger charge is 2.47. The maximum atomic E-state index is 13.3. The van der Waals surface area contributed by atoms with Crippen LogP contribution >= 0.6 is 12.4 Å². The smallest absolute Gasteiger partial charge is 0.198 e. The van der Waals surface area contributed by atoms with Crippen molar-refractivity contribution in [1.82, 2.24) is 0 Å². The molecule has 1 heterocycles. The van der Waals surface area contributed by atoms with Crippen molar-refractivity contribution in [3.8, 4) is 11.5 Å². The van der Waals surface area contributed by atoms with Crippen LogP contribution in [0.25, 0.3) is 0 Å². The van der Waals surface area contributed by atoms with Gasteiger partial charge in [-0.1, -0.05) is 24.3 Å². The minimum atomic E-state index is -1.74. The first-order valence-electron chi connectivity index (χ1n) is 11.4. The molecule has 7 N–H and O–H groups in total. The number of aromatic hydroxyl groups is 2. The molecule has 1 saturated heterocycles. The molecule has 0 bridgehead atoms. The molecule has 194 valence electrons. The molecule has 1 fully saturated rings. The topological polar surface area (TPSA) is 180 Å². The zero-order valence-corrected chi connectivity index (χ0v) is 20.2. The third-order valence-corrected chi connectivity index (χ3v) is 7.21. The van der Waals surface area contributed by atoms with Gasteiger partial charge in [-0.3, -0.25) is 9.59 Å². The largest absolute Gasteiger partial charge is 0.507 e. The molecule has 11 heteroatoms. The molecule has 1 aliphatic heterocycles. The van der Waals surface area contributed by atoms with Crippen LogP contribution in [-0.2, 0) is 15.9 Å². The molecule has 5 rings (SSSR count). The van der Waals surface area contributed by atoms with Gasteiger partial charge >= 0.3 is 0 Å². The number of hydrogen-bond acceptors (Lipinski definition) is 10. The maximum absolute atomic E-state index is 13.3. The highest BCUT2D eigenvalue weighted by molar-refractivity contribution is 6.30. The zero-order chi connectivity index (χ0) is 25.2. The molecule has 2 aromatic rings. The van der Waals surface area contributed by atoms with Crippen molar-refractivity contribution in [2.75, 3.05) is 6.61 Å². The quantitative estimate of drug-likeness (QED) is 0.270. The van der Waals surface area contributed by atoms with Crippen molar-refractivity contribution < 1.29 is 44.6 Å². The fourth-order valence-corrected chi connectivity index (χ4v) is 5.35. The Morgan fingerprint density at radius 2 is 1.69 bits per heavy atom. The van der Waals surface area contributed by atoms with Crippen molar-refractivity contribution in [3.63, 3.8) is 0 Å². The molecule has 36 heavy (non-hydrogen) atoms. The molecule has 0 spiro atoms. The number of ketones is 2. The van der Waals surface area contributed by atoms with Gasteiger partial charge in [0.2, 0.25) is 0 Å². The molecule has 0 saturated carbocycles. The van der Waals surface area contributed by atoms with E-state index >= 15 is 0 Å². The number of benzene rings is 2. The first-order chi connectivity index (χ1) is 16.6. The van der Waals surface area contributed by atoms with Crippen LogP contribution in [0.3, 0.4) is 0 Å². The minimum Gasteiger partial charge on any atom is -0.507 e. The van der Waals surface area contributed by atoms with E-state index in [-0.39, 0.29) is 65.1 Å². The number of nitrogens with two attached hydrogens (primary N) is 1. The lowest BCUT2D eigenvalue weighted by Gasteiger charge is -2.42. The number of phenols is 2. The molecule has 0 aromatic heterocycles. The lowest BCUT2D eigenvalue weighted by atomic mass is 9.73. The summed E-state index contributed by atoms with van der Waals surface area (Å²) in [7, 11) is 0. The van der Waals surface area contributed by atoms with E-state index in [4.69, 9.17) is 15.2 Å². The Balaban J connectivity index is 0.00000304. The summed E-state index contributed by atoms with van der Waals surface area (Å²) in [5, 5.41) is 53.4. The van der Waals surface area contributed by atoms with Crippen LogP contribution < -0.4 is 5.73 Å². The molecular formula is C25H28ClNO9. The van der Waals surface area contributed by atoms with Gasteiger partial charge in [0.15, 0.2) is 17.9 Å². The number of hydrogen-bond donors (Lipinski definition) is 6. The summed E-state index contributed by atoms with van der Waals surface area (Å²) in [6.07, 6.45) is -3.97. The van der Waals surface area contributed by atoms with Crippen LogP contribution in [0.15, 0.2) is 24.3 Å². The summed E-state index contributed by atoms with van der Waals surface area (Å²) in [6.45, 7) is 0.944. The van der Waals surface area contributed by atoms with Crippen molar-refractivity contribution in [3.05, 3.63) is 57.6 Å². The summed E-state index contributed by atoms with van der Waals surface area (Å²) in [5.74, 6) is -2.34. The van der Waals surface area contributed by atoms with Crippen molar-refractivity contribution in [2.24, 2.45) is 5.73 Å². The SMILES string of the molecule is C[C@@H]1O[C@@H](O[C@H]2C[C@](O)(CO)Cc3c(O)c4c(c(O)c32)C(=O)c2ccccc2C4=O)C[C@H](N)[C@@H]1O.Cl. The van der Waals surface area contributed by atoms with E-state index < -0.39 is 65.9 Å². The number of carbonyl (C=O) groups excluding carboxylic acids is 2. The summed E-state index contributed by atoms with van der Waals surface area (Å²) in [5.41, 5.74) is 3.81. The van der Waals surface area contributed by atoms with E-state index in [2.05, 4.69) is 0 Å².